The van der Waals surface area contributed by atoms with E-state index in [-0.39, 0.29) is 11.9 Å². The van der Waals surface area contributed by atoms with E-state index in [0.717, 1.165) is 9.88 Å². The lowest BCUT2D eigenvalue weighted by Crippen LogP contribution is -2.10. The van der Waals surface area contributed by atoms with E-state index in [9.17, 15) is 0 Å². The van der Waals surface area contributed by atoms with E-state index in [1.54, 1.807) is 11.3 Å². The average molecular weight is 264 g/mol. The molecule has 0 aromatic carbocycles. The van der Waals surface area contributed by atoms with Gasteiger partial charge in [0, 0.05) is 17.0 Å². The van der Waals surface area contributed by atoms with Crippen LogP contribution in [0.4, 0.5) is 11.9 Å². The zero-order valence-corrected chi connectivity index (χ0v) is 11.5. The molecule has 7 heteroatoms. The van der Waals surface area contributed by atoms with E-state index in [1.165, 1.54) is 0 Å². The van der Waals surface area contributed by atoms with Crippen molar-refractivity contribution in [3.8, 4) is 0 Å². The van der Waals surface area contributed by atoms with Gasteiger partial charge in [-0.3, -0.25) is 0 Å². The second kappa shape index (κ2) is 5.26. The molecule has 2 heterocycles. The largest absolute Gasteiger partial charge is 0.368 e. The predicted molar refractivity (Wildman–Crippen MR) is 72.5 cm³/mol. The number of nitrogens with one attached hydrogen (secondary N) is 1. The lowest BCUT2D eigenvalue weighted by Gasteiger charge is -2.07. The SMILES string of the molecule is Cc1ncc(CNc2nc(N)nc(C(C)C)n2)s1. The van der Waals surface area contributed by atoms with E-state index < -0.39 is 0 Å². The highest BCUT2D eigenvalue weighted by Crippen LogP contribution is 2.15. The van der Waals surface area contributed by atoms with Crippen LogP contribution in [0, 0.1) is 6.92 Å². The van der Waals surface area contributed by atoms with Crippen LogP contribution in [-0.2, 0) is 6.54 Å². The van der Waals surface area contributed by atoms with Crippen molar-refractivity contribution in [2.45, 2.75) is 33.2 Å². The molecule has 0 bridgehead atoms. The molecule has 96 valence electrons. The number of nitrogens with two attached hydrogens (primary N) is 1. The maximum absolute atomic E-state index is 5.66. The zero-order valence-electron chi connectivity index (χ0n) is 10.6. The summed E-state index contributed by atoms with van der Waals surface area (Å²) in [6.45, 7) is 6.66. The molecule has 2 aromatic heterocycles. The van der Waals surface area contributed by atoms with Crippen molar-refractivity contribution in [1.82, 2.24) is 19.9 Å². The summed E-state index contributed by atoms with van der Waals surface area (Å²) in [6.07, 6.45) is 1.85. The van der Waals surface area contributed by atoms with Crippen LogP contribution in [0.15, 0.2) is 6.20 Å². The Balaban J connectivity index is 2.09. The normalized spacial score (nSPS) is 10.9. The van der Waals surface area contributed by atoms with Crippen molar-refractivity contribution in [3.63, 3.8) is 0 Å². The van der Waals surface area contributed by atoms with Gasteiger partial charge in [0.25, 0.3) is 0 Å². The number of rotatable bonds is 4. The molecule has 0 radical (unpaired) electrons. The Morgan fingerprint density at radius 2 is 2.11 bits per heavy atom. The molecule has 0 amide bonds. The molecule has 3 N–H and O–H groups in total. The Morgan fingerprint density at radius 3 is 2.72 bits per heavy atom. The molecule has 0 fully saturated rings. The lowest BCUT2D eigenvalue weighted by atomic mass is 10.2. The molecule has 18 heavy (non-hydrogen) atoms. The molecule has 0 aliphatic heterocycles. The molecule has 2 rings (SSSR count). The van der Waals surface area contributed by atoms with Gasteiger partial charge in [0.05, 0.1) is 11.6 Å². The Kier molecular flexibility index (Phi) is 3.71. The third kappa shape index (κ3) is 3.13. The first-order valence-corrected chi connectivity index (χ1v) is 6.53. The van der Waals surface area contributed by atoms with Crippen molar-refractivity contribution in [1.29, 1.82) is 0 Å². The highest BCUT2D eigenvalue weighted by Gasteiger charge is 2.08. The smallest absolute Gasteiger partial charge is 0.228 e. The number of aromatic nitrogens is 4. The van der Waals surface area contributed by atoms with Gasteiger partial charge in [-0.2, -0.15) is 15.0 Å². The molecule has 0 aliphatic rings. The maximum atomic E-state index is 5.66. The molecule has 2 aromatic rings. The van der Waals surface area contributed by atoms with E-state index in [2.05, 4.69) is 25.3 Å². The lowest BCUT2D eigenvalue weighted by molar-refractivity contribution is 0.764. The van der Waals surface area contributed by atoms with Crippen LogP contribution in [0.1, 0.15) is 35.5 Å². The van der Waals surface area contributed by atoms with Gasteiger partial charge >= 0.3 is 0 Å². The second-order valence-electron chi connectivity index (χ2n) is 4.23. The summed E-state index contributed by atoms with van der Waals surface area (Å²) in [5.41, 5.74) is 5.66. The van der Waals surface area contributed by atoms with Gasteiger partial charge < -0.3 is 11.1 Å². The topological polar surface area (TPSA) is 89.6 Å². The minimum absolute atomic E-state index is 0.224. The van der Waals surface area contributed by atoms with Gasteiger partial charge in [0.2, 0.25) is 11.9 Å². The van der Waals surface area contributed by atoms with Crippen LogP contribution in [0.5, 0.6) is 0 Å². The van der Waals surface area contributed by atoms with Crippen molar-refractivity contribution >= 4 is 23.2 Å². The van der Waals surface area contributed by atoms with Crippen molar-refractivity contribution in [2.75, 3.05) is 11.1 Å². The quantitative estimate of drug-likeness (QED) is 0.877. The maximum Gasteiger partial charge on any atom is 0.228 e. The molecule has 0 unspecified atom stereocenters. The molecular weight excluding hydrogens is 248 g/mol. The fourth-order valence-corrected chi connectivity index (χ4v) is 2.13. The minimum Gasteiger partial charge on any atom is -0.368 e. The Labute approximate surface area is 110 Å². The Hall–Kier alpha value is -1.76. The summed E-state index contributed by atoms with van der Waals surface area (Å²) in [4.78, 5) is 17.8. The molecular formula is C11H16N6S. The number of anilines is 2. The van der Waals surface area contributed by atoms with Crippen LogP contribution in [0.2, 0.25) is 0 Å². The fourth-order valence-electron chi connectivity index (χ4n) is 1.40. The third-order valence-electron chi connectivity index (χ3n) is 2.28. The summed E-state index contributed by atoms with van der Waals surface area (Å²) in [5, 5.41) is 4.18. The van der Waals surface area contributed by atoms with Crippen LogP contribution in [0.3, 0.4) is 0 Å². The summed E-state index contributed by atoms with van der Waals surface area (Å²) in [7, 11) is 0. The van der Waals surface area contributed by atoms with Gasteiger partial charge in [0.15, 0.2) is 0 Å². The highest BCUT2D eigenvalue weighted by molar-refractivity contribution is 7.11. The molecule has 0 saturated heterocycles. The first-order chi connectivity index (χ1) is 8.54. The molecule has 6 nitrogen and oxygen atoms in total. The number of thiazole rings is 1. The van der Waals surface area contributed by atoms with Crippen molar-refractivity contribution in [3.05, 3.63) is 21.9 Å². The Morgan fingerprint density at radius 1 is 1.33 bits per heavy atom. The van der Waals surface area contributed by atoms with E-state index >= 15 is 0 Å². The van der Waals surface area contributed by atoms with Crippen LogP contribution >= 0.6 is 11.3 Å². The summed E-state index contributed by atoms with van der Waals surface area (Å²) < 4.78 is 0. The predicted octanol–water partition coefficient (Wildman–Crippen LogP) is 1.95. The molecule has 0 spiro atoms. The molecule has 0 saturated carbocycles. The van der Waals surface area contributed by atoms with Gasteiger partial charge in [-0.15, -0.1) is 11.3 Å². The second-order valence-corrected chi connectivity index (χ2v) is 5.55. The van der Waals surface area contributed by atoms with E-state index in [0.29, 0.717) is 18.3 Å². The zero-order chi connectivity index (χ0) is 13.1. The minimum atomic E-state index is 0.224. The van der Waals surface area contributed by atoms with Gasteiger partial charge in [-0.1, -0.05) is 13.8 Å². The number of hydrogen-bond donors (Lipinski definition) is 2. The standard InChI is InChI=1S/C11H16N6S/c1-6(2)9-15-10(12)17-11(16-9)14-5-8-4-13-7(3)18-8/h4,6H,5H2,1-3H3,(H3,12,14,15,16,17). The highest BCUT2D eigenvalue weighted by atomic mass is 32.1. The van der Waals surface area contributed by atoms with Crippen molar-refractivity contribution < 1.29 is 0 Å². The van der Waals surface area contributed by atoms with E-state index in [4.69, 9.17) is 5.73 Å². The van der Waals surface area contributed by atoms with Gasteiger partial charge in [-0.25, -0.2) is 4.98 Å². The van der Waals surface area contributed by atoms with Crippen LogP contribution in [0.25, 0.3) is 0 Å². The van der Waals surface area contributed by atoms with Crippen LogP contribution in [-0.4, -0.2) is 19.9 Å². The molecule has 0 atom stereocenters. The molecule has 0 aliphatic carbocycles. The van der Waals surface area contributed by atoms with Gasteiger partial charge in [-0.05, 0) is 6.92 Å². The summed E-state index contributed by atoms with van der Waals surface area (Å²) in [5.74, 6) is 1.68. The number of nitrogens with zero attached hydrogens (tertiary/aromatic N) is 4. The first kappa shape index (κ1) is 12.7. The number of nitrogen functional groups attached to an aromatic ring is 1. The van der Waals surface area contributed by atoms with E-state index in [1.807, 2.05) is 27.0 Å². The number of aryl methyl sites for hydroxylation is 1. The van der Waals surface area contributed by atoms with Gasteiger partial charge in [0.1, 0.15) is 5.82 Å². The number of hydrogen-bond acceptors (Lipinski definition) is 7. The summed E-state index contributed by atoms with van der Waals surface area (Å²) >= 11 is 1.65. The average Bonchev–Trinajstić information content (AvgIpc) is 2.72. The van der Waals surface area contributed by atoms with Crippen molar-refractivity contribution in [2.24, 2.45) is 0 Å². The first-order valence-electron chi connectivity index (χ1n) is 5.71. The Bertz CT molecular complexity index is 536. The van der Waals surface area contributed by atoms with Crippen LogP contribution < -0.4 is 11.1 Å². The third-order valence-corrected chi connectivity index (χ3v) is 3.19. The monoisotopic (exact) mass is 264 g/mol. The summed E-state index contributed by atoms with van der Waals surface area (Å²) in [6, 6.07) is 0. The fraction of sp³-hybridized carbons (Fsp3) is 0.455.